The number of likely N-dealkylation sites (tertiary alicyclic amines) is 1. The van der Waals surface area contributed by atoms with Crippen LogP contribution in [0.25, 0.3) is 0 Å². The van der Waals surface area contributed by atoms with E-state index in [-0.39, 0.29) is 18.6 Å². The van der Waals surface area contributed by atoms with Crippen LogP contribution in [0.4, 0.5) is 8.78 Å². The molecular weight excluding hydrogens is 456 g/mol. The third-order valence-corrected chi connectivity index (χ3v) is 6.67. The number of amides is 1. The lowest BCUT2D eigenvalue weighted by atomic mass is 9.88. The summed E-state index contributed by atoms with van der Waals surface area (Å²) < 4.78 is 44.6. The number of hydrogen-bond donors (Lipinski definition) is 0. The highest BCUT2D eigenvalue weighted by atomic mass is 19.3. The Morgan fingerprint density at radius 2 is 2.03 bits per heavy atom. The number of nitrogens with zero attached hydrogens (tertiary/aromatic N) is 3. The molecule has 0 radical (unpaired) electrons. The van der Waals surface area contributed by atoms with Crippen molar-refractivity contribution in [3.05, 3.63) is 47.2 Å². The van der Waals surface area contributed by atoms with Crippen molar-refractivity contribution >= 4 is 5.91 Å². The van der Waals surface area contributed by atoms with E-state index in [9.17, 15) is 13.6 Å². The lowest BCUT2D eigenvalue weighted by Gasteiger charge is -2.49. The van der Waals surface area contributed by atoms with Gasteiger partial charge in [-0.2, -0.15) is 0 Å². The topological polar surface area (TPSA) is 68.0 Å². The molecule has 35 heavy (non-hydrogen) atoms. The van der Waals surface area contributed by atoms with Gasteiger partial charge in [-0.25, -0.2) is 13.8 Å². The Morgan fingerprint density at radius 1 is 1.29 bits per heavy atom. The molecule has 3 heterocycles. The van der Waals surface area contributed by atoms with Crippen molar-refractivity contribution in [2.75, 3.05) is 32.7 Å². The van der Waals surface area contributed by atoms with Crippen LogP contribution in [0.2, 0.25) is 0 Å². The fraction of sp³-hybridized carbons (Fsp3) is 0.615. The Bertz CT molecular complexity index is 1020. The second kappa shape index (κ2) is 10.6. The molecular formula is C26H35F2N3O4. The lowest BCUT2D eigenvalue weighted by molar-refractivity contribution is -0.186. The highest BCUT2D eigenvalue weighted by molar-refractivity contribution is 5.94. The molecule has 0 bridgehead atoms. The molecule has 2 aliphatic rings. The predicted molar refractivity (Wildman–Crippen MR) is 127 cm³/mol. The summed E-state index contributed by atoms with van der Waals surface area (Å²) in [5.41, 5.74) is 0.903. The fourth-order valence-corrected chi connectivity index (χ4v) is 4.93. The minimum Gasteiger partial charge on any atom is -0.491 e. The van der Waals surface area contributed by atoms with Gasteiger partial charge in [0.2, 0.25) is 5.89 Å². The van der Waals surface area contributed by atoms with Gasteiger partial charge in [-0.15, -0.1) is 0 Å². The predicted octanol–water partition coefficient (Wildman–Crippen LogP) is 4.65. The number of oxazole rings is 1. The van der Waals surface area contributed by atoms with Crippen LogP contribution in [-0.2, 0) is 11.2 Å². The highest BCUT2D eigenvalue weighted by Gasteiger charge is 2.45. The third-order valence-electron chi connectivity index (χ3n) is 6.67. The number of piperidine rings is 1. The monoisotopic (exact) mass is 491 g/mol. The molecule has 2 saturated heterocycles. The van der Waals surface area contributed by atoms with Gasteiger partial charge >= 0.3 is 0 Å². The van der Waals surface area contributed by atoms with E-state index in [2.05, 4.69) is 4.98 Å². The first kappa shape index (κ1) is 25.6. The number of hydrogen-bond acceptors (Lipinski definition) is 6. The zero-order valence-corrected chi connectivity index (χ0v) is 20.9. The molecule has 1 unspecified atom stereocenters. The van der Waals surface area contributed by atoms with Gasteiger partial charge in [0.05, 0.1) is 24.4 Å². The number of halogens is 2. The van der Waals surface area contributed by atoms with Gasteiger partial charge in [-0.1, -0.05) is 6.92 Å². The molecule has 9 heteroatoms. The molecule has 7 nitrogen and oxygen atoms in total. The zero-order valence-electron chi connectivity index (χ0n) is 20.9. The third kappa shape index (κ3) is 6.01. The average molecular weight is 492 g/mol. The van der Waals surface area contributed by atoms with Crippen molar-refractivity contribution < 1.29 is 27.5 Å². The summed E-state index contributed by atoms with van der Waals surface area (Å²) in [6, 6.07) is 5.49. The summed E-state index contributed by atoms with van der Waals surface area (Å²) >= 11 is 0. The van der Waals surface area contributed by atoms with Crippen LogP contribution in [0.3, 0.4) is 0 Å². The molecule has 4 rings (SSSR count). The van der Waals surface area contributed by atoms with Gasteiger partial charge in [0, 0.05) is 38.2 Å². The van der Waals surface area contributed by atoms with Gasteiger partial charge in [-0.05, 0) is 57.4 Å². The van der Waals surface area contributed by atoms with Crippen molar-refractivity contribution in [3.8, 4) is 5.75 Å². The van der Waals surface area contributed by atoms with Crippen molar-refractivity contribution in [3.63, 3.8) is 0 Å². The first-order valence-electron chi connectivity index (χ1n) is 12.4. The molecule has 2 aromatic rings. The molecule has 0 aliphatic carbocycles. The first-order valence-corrected chi connectivity index (χ1v) is 12.4. The van der Waals surface area contributed by atoms with Crippen molar-refractivity contribution in [1.29, 1.82) is 0 Å². The van der Waals surface area contributed by atoms with Crippen LogP contribution in [-0.4, -0.2) is 71.5 Å². The number of ether oxygens (including phenoxy) is 2. The van der Waals surface area contributed by atoms with Crippen LogP contribution in [0, 0.1) is 6.92 Å². The van der Waals surface area contributed by atoms with E-state index in [0.717, 1.165) is 17.1 Å². The van der Waals surface area contributed by atoms with Crippen molar-refractivity contribution in [2.24, 2.45) is 0 Å². The first-order chi connectivity index (χ1) is 16.7. The molecule has 192 valence electrons. The van der Waals surface area contributed by atoms with Crippen molar-refractivity contribution in [2.45, 2.75) is 71.2 Å². The molecule has 1 atom stereocenters. The second-order valence-electron chi connectivity index (χ2n) is 9.83. The van der Waals surface area contributed by atoms with E-state index in [1.165, 1.54) is 0 Å². The summed E-state index contributed by atoms with van der Waals surface area (Å²) in [5.74, 6) is 1.89. The van der Waals surface area contributed by atoms with Crippen LogP contribution < -0.4 is 4.74 Å². The van der Waals surface area contributed by atoms with Gasteiger partial charge in [-0.3, -0.25) is 9.69 Å². The van der Waals surface area contributed by atoms with E-state index >= 15 is 0 Å². The summed E-state index contributed by atoms with van der Waals surface area (Å²) in [7, 11) is 0. The maximum absolute atomic E-state index is 13.3. The normalized spacial score (nSPS) is 20.7. The SMILES string of the molecule is CCc1cnc(C2CN(CC(F)F)CC3(CCN(C(=O)c4ccc(OC(C)C)c(C)c4)CC3)O2)o1. The Hall–Kier alpha value is -2.52. The van der Waals surface area contributed by atoms with E-state index in [4.69, 9.17) is 13.9 Å². The number of benzene rings is 1. The van der Waals surface area contributed by atoms with Gasteiger partial charge < -0.3 is 18.8 Å². The van der Waals surface area contributed by atoms with Gasteiger partial charge in [0.15, 0.2) is 0 Å². The summed E-state index contributed by atoms with van der Waals surface area (Å²) in [6.07, 6.45) is 0.594. The number of carbonyl (C=O) groups excluding carboxylic acids is 1. The molecule has 1 spiro atoms. The average Bonchev–Trinajstić information content (AvgIpc) is 3.29. The molecule has 1 aromatic carbocycles. The van der Waals surface area contributed by atoms with Crippen molar-refractivity contribution in [1.82, 2.24) is 14.8 Å². The Balaban J connectivity index is 1.45. The number of aryl methyl sites for hydroxylation is 2. The smallest absolute Gasteiger partial charge is 0.253 e. The van der Waals surface area contributed by atoms with Gasteiger partial charge in [0.1, 0.15) is 17.6 Å². The standard InChI is InChI=1S/C26H35F2N3O4/c1-5-20-13-29-24(34-20)22-14-30(15-23(27)28)16-26(35-22)8-10-31(11-9-26)25(32)19-6-7-21(18(4)12-19)33-17(2)3/h6-7,12-13,17,22-23H,5,8-11,14-16H2,1-4H3. The van der Waals surface area contributed by atoms with E-state index < -0.39 is 18.1 Å². The highest BCUT2D eigenvalue weighted by Crippen LogP contribution is 2.38. The molecule has 0 saturated carbocycles. The van der Waals surface area contributed by atoms with Gasteiger partial charge in [0.25, 0.3) is 12.3 Å². The maximum atomic E-state index is 13.3. The molecule has 2 aliphatic heterocycles. The largest absolute Gasteiger partial charge is 0.491 e. The number of aromatic nitrogens is 1. The van der Waals surface area contributed by atoms with E-state index in [0.29, 0.717) is 56.9 Å². The minimum absolute atomic E-state index is 0.0452. The van der Waals surface area contributed by atoms with Crippen LogP contribution >= 0.6 is 0 Å². The Morgan fingerprint density at radius 3 is 2.63 bits per heavy atom. The number of alkyl halides is 2. The summed E-state index contributed by atoms with van der Waals surface area (Å²) in [4.78, 5) is 21.1. The zero-order chi connectivity index (χ0) is 25.2. The van der Waals surface area contributed by atoms with Crippen LogP contribution in [0.1, 0.15) is 67.3 Å². The molecule has 1 aromatic heterocycles. The Labute approximate surface area is 205 Å². The second-order valence-corrected chi connectivity index (χ2v) is 9.83. The number of rotatable bonds is 7. The Kier molecular flexibility index (Phi) is 7.76. The summed E-state index contributed by atoms with van der Waals surface area (Å²) in [5, 5.41) is 0. The van der Waals surface area contributed by atoms with E-state index in [1.54, 1.807) is 17.2 Å². The quantitative estimate of drug-likeness (QED) is 0.562. The molecule has 1 amide bonds. The van der Waals surface area contributed by atoms with Crippen LogP contribution in [0.15, 0.2) is 28.8 Å². The maximum Gasteiger partial charge on any atom is 0.253 e. The van der Waals surface area contributed by atoms with Crippen LogP contribution in [0.5, 0.6) is 5.75 Å². The number of carbonyl (C=O) groups is 1. The number of morpholine rings is 1. The van der Waals surface area contributed by atoms with E-state index in [1.807, 2.05) is 44.7 Å². The lowest BCUT2D eigenvalue weighted by Crippen LogP contribution is -2.58. The molecule has 2 fully saturated rings. The fourth-order valence-electron chi connectivity index (χ4n) is 4.93. The summed E-state index contributed by atoms with van der Waals surface area (Å²) in [6.45, 7) is 9.19. The minimum atomic E-state index is -2.44. The molecule has 0 N–H and O–H groups in total.